The van der Waals surface area contributed by atoms with Gasteiger partial charge in [0.2, 0.25) is 0 Å². The van der Waals surface area contributed by atoms with Gasteiger partial charge in [-0.2, -0.15) is 0 Å². The number of rotatable bonds is 3. The van der Waals surface area contributed by atoms with E-state index < -0.39 is 11.7 Å². The fraction of sp³-hybridized carbons (Fsp3) is 1.00. The summed E-state index contributed by atoms with van der Waals surface area (Å²) in [5, 5.41) is 1.79. The molecule has 0 rings (SSSR count). The van der Waals surface area contributed by atoms with Gasteiger partial charge in [-0.1, -0.05) is 0 Å². The van der Waals surface area contributed by atoms with Gasteiger partial charge in [-0.05, 0) is 6.92 Å². The normalized spacial score (nSPS) is 18.0. The third kappa shape index (κ3) is 3.47. The Hall–Kier alpha value is 0.470. The van der Waals surface area contributed by atoms with Crippen LogP contribution in [0, 0.1) is 0 Å². The Bertz CT molecular complexity index is 60.0. The molecule has 0 fully saturated rings. The summed E-state index contributed by atoms with van der Waals surface area (Å²) in [4.78, 5) is 0. The van der Waals surface area contributed by atoms with Crippen LogP contribution in [0.25, 0.3) is 0 Å². The Morgan fingerprint density at radius 2 is 2.25 bits per heavy atom. The zero-order chi connectivity index (χ0) is 6.57. The second kappa shape index (κ2) is 4.36. The van der Waals surface area contributed by atoms with Crippen molar-refractivity contribution < 1.29 is 4.39 Å². The van der Waals surface area contributed by atoms with Gasteiger partial charge in [-0.3, -0.25) is 5.32 Å². The highest BCUT2D eigenvalue weighted by Gasteiger charge is 2.09. The highest BCUT2D eigenvalue weighted by molar-refractivity contribution is 6.21. The molecule has 0 aromatic rings. The molecule has 8 heavy (non-hydrogen) atoms. The molecule has 0 aromatic carbocycles. The van der Waals surface area contributed by atoms with Crippen molar-refractivity contribution in [3.05, 3.63) is 0 Å². The van der Waals surface area contributed by atoms with E-state index in [2.05, 4.69) is 5.32 Å². The first-order valence-corrected chi connectivity index (χ1v) is 3.23. The maximum absolute atomic E-state index is 12.2. The Labute approximate surface area is 58.2 Å². The number of halogens is 3. The standard InChI is InChI=1S/C4H8Cl2FN/c1-3(6)4(7)8-2-5/h3-4,8H,2H2,1H3/t3?,4-/m0/s1. The highest BCUT2D eigenvalue weighted by atomic mass is 35.5. The van der Waals surface area contributed by atoms with E-state index in [1.165, 1.54) is 0 Å². The SMILES string of the molecule is CC(Cl)[C@@H](F)NCCl. The quantitative estimate of drug-likeness (QED) is 0.489. The topological polar surface area (TPSA) is 12.0 Å². The summed E-state index contributed by atoms with van der Waals surface area (Å²) in [6.07, 6.45) is -1.20. The fourth-order valence-electron chi connectivity index (χ4n) is 0.236. The van der Waals surface area contributed by atoms with E-state index in [0.29, 0.717) is 0 Å². The largest absolute Gasteiger partial charge is 0.273 e. The summed E-state index contributed by atoms with van der Waals surface area (Å²) >= 11 is 10.4. The summed E-state index contributed by atoms with van der Waals surface area (Å²) in [6, 6.07) is 0.0955. The van der Waals surface area contributed by atoms with E-state index in [1.54, 1.807) is 6.92 Å². The van der Waals surface area contributed by atoms with E-state index in [9.17, 15) is 4.39 Å². The van der Waals surface area contributed by atoms with Crippen LogP contribution in [0.1, 0.15) is 6.92 Å². The molecule has 0 spiro atoms. The zero-order valence-electron chi connectivity index (χ0n) is 4.50. The van der Waals surface area contributed by atoms with E-state index in [0.717, 1.165) is 0 Å². The van der Waals surface area contributed by atoms with Crippen LogP contribution in [0.2, 0.25) is 0 Å². The lowest BCUT2D eigenvalue weighted by atomic mass is 10.4. The van der Waals surface area contributed by atoms with Crippen molar-refractivity contribution in [3.8, 4) is 0 Å². The molecule has 0 amide bonds. The summed E-state index contributed by atoms with van der Waals surface area (Å²) in [5.41, 5.74) is 0. The molecule has 0 bridgehead atoms. The van der Waals surface area contributed by atoms with Gasteiger partial charge in [-0.25, -0.2) is 4.39 Å². The van der Waals surface area contributed by atoms with Gasteiger partial charge < -0.3 is 0 Å². The van der Waals surface area contributed by atoms with Gasteiger partial charge in [0, 0.05) is 0 Å². The first-order valence-electron chi connectivity index (χ1n) is 2.26. The Morgan fingerprint density at radius 1 is 1.75 bits per heavy atom. The highest BCUT2D eigenvalue weighted by Crippen LogP contribution is 2.01. The van der Waals surface area contributed by atoms with E-state index >= 15 is 0 Å². The first kappa shape index (κ1) is 8.47. The Kier molecular flexibility index (Phi) is 4.61. The van der Waals surface area contributed by atoms with Gasteiger partial charge in [0.15, 0.2) is 6.30 Å². The van der Waals surface area contributed by atoms with Gasteiger partial charge in [0.1, 0.15) is 0 Å². The lowest BCUT2D eigenvalue weighted by Gasteiger charge is -2.08. The van der Waals surface area contributed by atoms with Crippen LogP contribution in [0.4, 0.5) is 4.39 Å². The predicted octanol–water partition coefficient (Wildman–Crippen LogP) is 1.70. The molecule has 0 radical (unpaired) electrons. The Morgan fingerprint density at radius 3 is 2.38 bits per heavy atom. The molecule has 50 valence electrons. The third-order valence-corrected chi connectivity index (χ3v) is 1.05. The minimum Gasteiger partial charge on any atom is -0.273 e. The lowest BCUT2D eigenvalue weighted by Crippen LogP contribution is -2.30. The number of alkyl halides is 3. The van der Waals surface area contributed by atoms with Gasteiger partial charge >= 0.3 is 0 Å². The van der Waals surface area contributed by atoms with Crippen LogP contribution in [0.5, 0.6) is 0 Å². The average molecular weight is 160 g/mol. The summed E-state index contributed by atoms with van der Waals surface area (Å²) in [7, 11) is 0. The van der Waals surface area contributed by atoms with Gasteiger partial charge in [0.25, 0.3) is 0 Å². The van der Waals surface area contributed by atoms with Crippen LogP contribution < -0.4 is 5.32 Å². The molecule has 1 unspecified atom stereocenters. The molecule has 0 aromatic heterocycles. The monoisotopic (exact) mass is 159 g/mol. The van der Waals surface area contributed by atoms with Crippen LogP contribution in [0.3, 0.4) is 0 Å². The van der Waals surface area contributed by atoms with E-state index in [1.807, 2.05) is 0 Å². The summed E-state index contributed by atoms with van der Waals surface area (Å²) in [6.45, 7) is 1.56. The molecule has 0 aliphatic heterocycles. The van der Waals surface area contributed by atoms with Crippen molar-refractivity contribution in [3.63, 3.8) is 0 Å². The van der Waals surface area contributed by atoms with Crippen molar-refractivity contribution in [1.29, 1.82) is 0 Å². The van der Waals surface area contributed by atoms with E-state index in [4.69, 9.17) is 23.2 Å². The van der Waals surface area contributed by atoms with Crippen LogP contribution >= 0.6 is 23.2 Å². The number of hydrogen-bond acceptors (Lipinski definition) is 1. The predicted molar refractivity (Wildman–Crippen MR) is 34.1 cm³/mol. The smallest absolute Gasteiger partial charge is 0.168 e. The molecule has 0 aliphatic rings. The molecule has 0 saturated heterocycles. The number of nitrogens with one attached hydrogen (secondary N) is 1. The summed E-state index contributed by atoms with van der Waals surface area (Å²) in [5.74, 6) is 0. The molecule has 0 heterocycles. The second-order valence-corrected chi connectivity index (χ2v) is 2.37. The summed E-state index contributed by atoms with van der Waals surface area (Å²) < 4.78 is 12.2. The van der Waals surface area contributed by atoms with Crippen molar-refractivity contribution in [2.24, 2.45) is 0 Å². The number of hydrogen-bond donors (Lipinski definition) is 1. The fourth-order valence-corrected chi connectivity index (χ4v) is 0.473. The lowest BCUT2D eigenvalue weighted by molar-refractivity contribution is 0.283. The zero-order valence-corrected chi connectivity index (χ0v) is 6.01. The van der Waals surface area contributed by atoms with E-state index in [-0.39, 0.29) is 6.00 Å². The molecule has 4 heteroatoms. The molecular weight excluding hydrogens is 152 g/mol. The molecule has 1 nitrogen and oxygen atoms in total. The van der Waals surface area contributed by atoms with Crippen LogP contribution in [0.15, 0.2) is 0 Å². The average Bonchev–Trinajstić information content (AvgIpc) is 1.67. The molecule has 2 atom stereocenters. The van der Waals surface area contributed by atoms with Crippen molar-refractivity contribution in [2.45, 2.75) is 18.6 Å². The van der Waals surface area contributed by atoms with Crippen molar-refractivity contribution >= 4 is 23.2 Å². The molecule has 1 N–H and O–H groups in total. The maximum atomic E-state index is 12.2. The Balaban J connectivity index is 3.17. The van der Waals surface area contributed by atoms with Gasteiger partial charge in [0.05, 0.1) is 11.4 Å². The van der Waals surface area contributed by atoms with Crippen molar-refractivity contribution in [2.75, 3.05) is 6.00 Å². The molecular formula is C4H8Cl2FN. The molecule has 0 saturated carbocycles. The minimum atomic E-state index is -1.20. The molecule has 0 aliphatic carbocycles. The maximum Gasteiger partial charge on any atom is 0.168 e. The van der Waals surface area contributed by atoms with Crippen LogP contribution in [-0.2, 0) is 0 Å². The van der Waals surface area contributed by atoms with Crippen LogP contribution in [-0.4, -0.2) is 17.7 Å². The minimum absolute atomic E-state index is 0.0955. The van der Waals surface area contributed by atoms with Gasteiger partial charge in [-0.15, -0.1) is 23.2 Å². The first-order chi connectivity index (χ1) is 3.68. The second-order valence-electron chi connectivity index (χ2n) is 1.42. The van der Waals surface area contributed by atoms with Crippen molar-refractivity contribution in [1.82, 2.24) is 5.32 Å². The third-order valence-electron chi connectivity index (χ3n) is 0.675.